The van der Waals surface area contributed by atoms with Gasteiger partial charge in [-0.3, -0.25) is 9.79 Å². The molecule has 0 saturated heterocycles. The van der Waals surface area contributed by atoms with E-state index in [1.807, 2.05) is 12.1 Å². The Hall–Kier alpha value is -2.69. The molecule has 0 amide bonds. The van der Waals surface area contributed by atoms with Crippen molar-refractivity contribution in [2.24, 2.45) is 4.99 Å². The predicted octanol–water partition coefficient (Wildman–Crippen LogP) is 0.0419. The van der Waals surface area contributed by atoms with Crippen LogP contribution in [0.5, 0.6) is 5.75 Å². The van der Waals surface area contributed by atoms with Crippen LogP contribution in [0, 0.1) is 0 Å². The largest absolute Gasteiger partial charge is 0.477 e. The second kappa shape index (κ2) is 4.20. The molecule has 1 atom stereocenters. The van der Waals surface area contributed by atoms with Crippen molar-refractivity contribution in [2.75, 3.05) is 0 Å². The molecule has 5 nitrogen and oxygen atoms in total. The highest BCUT2D eigenvalue weighted by molar-refractivity contribution is 6.35. The first-order chi connectivity index (χ1) is 9.16. The Balaban J connectivity index is 2.12. The van der Waals surface area contributed by atoms with Crippen molar-refractivity contribution >= 4 is 23.9 Å². The zero-order valence-electron chi connectivity index (χ0n) is 9.74. The monoisotopic (exact) mass is 255 g/mol. The average Bonchev–Trinajstić information content (AvgIpc) is 2.77. The van der Waals surface area contributed by atoms with E-state index < -0.39 is 17.9 Å². The Morgan fingerprint density at radius 2 is 2.16 bits per heavy atom. The molecule has 2 heterocycles. The second-order valence-corrected chi connectivity index (χ2v) is 4.12. The van der Waals surface area contributed by atoms with Crippen LogP contribution in [0.25, 0.3) is 12.2 Å². The van der Waals surface area contributed by atoms with Crippen LogP contribution >= 0.6 is 0 Å². The number of carboxylic acid groups (broad SMARTS) is 1. The number of aliphatic carboxylic acids is 1. The highest BCUT2D eigenvalue weighted by Gasteiger charge is 2.26. The van der Waals surface area contributed by atoms with Crippen molar-refractivity contribution in [2.45, 2.75) is 6.10 Å². The molecule has 3 rings (SSSR count). The fraction of sp³-hybridized carbons (Fsp3) is 0.0714. The number of carbonyl (C=O) groups excluding carboxylic acids is 1. The van der Waals surface area contributed by atoms with Gasteiger partial charge < -0.3 is 9.84 Å². The lowest BCUT2D eigenvalue weighted by atomic mass is 10.1. The highest BCUT2D eigenvalue weighted by Crippen LogP contribution is 2.18. The summed E-state index contributed by atoms with van der Waals surface area (Å²) < 4.78 is 5.56. The van der Waals surface area contributed by atoms with Crippen LogP contribution in [0.2, 0.25) is 0 Å². The number of ether oxygens (including phenoxy) is 1. The SMILES string of the molecule is O=C(O)C(=O)C1C=CC=c2ccc3c(c2O1)C=CN=3. The molecule has 0 spiro atoms. The first-order valence-electron chi connectivity index (χ1n) is 5.66. The van der Waals surface area contributed by atoms with Crippen molar-refractivity contribution in [3.63, 3.8) is 0 Å². The maximum Gasteiger partial charge on any atom is 0.376 e. The summed E-state index contributed by atoms with van der Waals surface area (Å²) in [6.45, 7) is 0. The number of fused-ring (bicyclic) bond motifs is 3. The lowest BCUT2D eigenvalue weighted by Gasteiger charge is -2.13. The number of hydrogen-bond donors (Lipinski definition) is 1. The number of hydrogen-bond acceptors (Lipinski definition) is 4. The summed E-state index contributed by atoms with van der Waals surface area (Å²) in [4.78, 5) is 26.4. The number of carbonyl (C=O) groups is 2. The Bertz CT molecular complexity index is 758. The molecule has 5 heteroatoms. The minimum absolute atomic E-state index is 0.486. The number of nitrogens with zero attached hydrogens (tertiary/aromatic N) is 1. The number of carboxylic acids is 1. The molecule has 1 aromatic rings. The third kappa shape index (κ3) is 1.85. The van der Waals surface area contributed by atoms with Gasteiger partial charge in [0.1, 0.15) is 5.75 Å². The molecule has 19 heavy (non-hydrogen) atoms. The van der Waals surface area contributed by atoms with Gasteiger partial charge in [-0.2, -0.15) is 0 Å². The lowest BCUT2D eigenvalue weighted by Crippen LogP contribution is -2.33. The van der Waals surface area contributed by atoms with Crippen molar-refractivity contribution < 1.29 is 19.4 Å². The third-order valence-electron chi connectivity index (χ3n) is 2.93. The van der Waals surface area contributed by atoms with Crippen LogP contribution < -0.4 is 15.3 Å². The standard InChI is InChI=1S/C14H9NO4/c16-12(14(17)18)11-3-1-2-8-4-5-10-9(6-7-15-10)13(8)19-11/h1-7,11H,(H,17,18). The number of benzene rings is 1. The van der Waals surface area contributed by atoms with Crippen molar-refractivity contribution in [1.29, 1.82) is 0 Å². The molecule has 0 bridgehead atoms. The van der Waals surface area contributed by atoms with E-state index >= 15 is 0 Å². The Morgan fingerprint density at radius 3 is 2.95 bits per heavy atom. The van der Waals surface area contributed by atoms with E-state index in [9.17, 15) is 9.59 Å². The summed E-state index contributed by atoms with van der Waals surface area (Å²) in [6, 6.07) is 3.67. The van der Waals surface area contributed by atoms with Gasteiger partial charge in [-0.05, 0) is 24.3 Å². The zero-order chi connectivity index (χ0) is 13.4. The van der Waals surface area contributed by atoms with Gasteiger partial charge in [-0.1, -0.05) is 12.2 Å². The molecule has 1 unspecified atom stereocenters. The minimum Gasteiger partial charge on any atom is -0.477 e. The summed E-state index contributed by atoms with van der Waals surface area (Å²) in [5, 5.41) is 10.3. The van der Waals surface area contributed by atoms with Gasteiger partial charge in [0, 0.05) is 17.0 Å². The topological polar surface area (TPSA) is 76.0 Å². The van der Waals surface area contributed by atoms with E-state index in [1.165, 1.54) is 6.08 Å². The molecule has 0 fully saturated rings. The molecule has 2 aliphatic rings. The molecule has 0 saturated carbocycles. The van der Waals surface area contributed by atoms with Crippen molar-refractivity contribution in [3.05, 3.63) is 46.6 Å². The van der Waals surface area contributed by atoms with Gasteiger partial charge in [0.15, 0.2) is 6.10 Å². The predicted molar refractivity (Wildman–Crippen MR) is 66.9 cm³/mol. The Kier molecular flexibility index (Phi) is 2.52. The van der Waals surface area contributed by atoms with Gasteiger partial charge in [0.2, 0.25) is 0 Å². The van der Waals surface area contributed by atoms with Crippen LogP contribution in [0.4, 0.5) is 0 Å². The number of rotatable bonds is 2. The Morgan fingerprint density at radius 1 is 1.32 bits per heavy atom. The molecule has 0 aliphatic carbocycles. The fourth-order valence-corrected chi connectivity index (χ4v) is 2.02. The molecule has 1 N–H and O–H groups in total. The first-order valence-corrected chi connectivity index (χ1v) is 5.66. The van der Waals surface area contributed by atoms with E-state index in [-0.39, 0.29) is 0 Å². The van der Waals surface area contributed by atoms with Crippen LogP contribution in [0.3, 0.4) is 0 Å². The average molecular weight is 255 g/mol. The highest BCUT2D eigenvalue weighted by atomic mass is 16.5. The molecule has 1 aromatic carbocycles. The van der Waals surface area contributed by atoms with E-state index in [0.29, 0.717) is 5.75 Å². The maximum absolute atomic E-state index is 11.5. The van der Waals surface area contributed by atoms with Gasteiger partial charge >= 0.3 is 5.97 Å². The second-order valence-electron chi connectivity index (χ2n) is 4.12. The van der Waals surface area contributed by atoms with E-state index in [0.717, 1.165) is 16.1 Å². The van der Waals surface area contributed by atoms with Gasteiger partial charge in [0.25, 0.3) is 5.78 Å². The van der Waals surface area contributed by atoms with Crippen molar-refractivity contribution in [3.8, 4) is 5.75 Å². The van der Waals surface area contributed by atoms with E-state index in [4.69, 9.17) is 9.84 Å². The van der Waals surface area contributed by atoms with Gasteiger partial charge in [0.05, 0.1) is 5.36 Å². The molecule has 0 radical (unpaired) electrons. The normalized spacial score (nSPS) is 18.4. The van der Waals surface area contributed by atoms with E-state index in [2.05, 4.69) is 4.99 Å². The smallest absolute Gasteiger partial charge is 0.376 e. The summed E-state index contributed by atoms with van der Waals surface area (Å²) in [5.41, 5.74) is 0.764. The van der Waals surface area contributed by atoms with Crippen LogP contribution in [0.15, 0.2) is 35.5 Å². The molecule has 2 aliphatic heterocycles. The van der Waals surface area contributed by atoms with Crippen molar-refractivity contribution in [1.82, 2.24) is 0 Å². The number of allylic oxidation sites excluding steroid dienone is 1. The van der Waals surface area contributed by atoms with Crippen LogP contribution in [-0.2, 0) is 9.59 Å². The minimum atomic E-state index is -1.51. The summed E-state index contributed by atoms with van der Waals surface area (Å²) >= 11 is 0. The maximum atomic E-state index is 11.5. The molecular formula is C14H9NO4. The zero-order valence-corrected chi connectivity index (χ0v) is 9.74. The van der Waals surface area contributed by atoms with E-state index in [1.54, 1.807) is 24.4 Å². The summed E-state index contributed by atoms with van der Waals surface area (Å²) in [6.07, 6.45) is 7.13. The third-order valence-corrected chi connectivity index (χ3v) is 2.93. The number of Topliss-reactive ketones (excluding diaryl/α,β-unsaturated/α-hetero) is 1. The summed E-state index contributed by atoms with van der Waals surface area (Å²) in [5.74, 6) is -2.01. The first kappa shape index (κ1) is 11.4. The number of ketones is 1. The quantitative estimate of drug-likeness (QED) is 0.757. The fourth-order valence-electron chi connectivity index (χ4n) is 2.02. The lowest BCUT2D eigenvalue weighted by molar-refractivity contribution is -0.151. The summed E-state index contributed by atoms with van der Waals surface area (Å²) in [7, 11) is 0. The van der Waals surface area contributed by atoms with Crippen LogP contribution in [-0.4, -0.2) is 23.0 Å². The molecule has 0 aromatic heterocycles. The van der Waals surface area contributed by atoms with Gasteiger partial charge in [-0.15, -0.1) is 0 Å². The molecular weight excluding hydrogens is 246 g/mol. The molecule has 94 valence electrons. The van der Waals surface area contributed by atoms with Crippen LogP contribution in [0.1, 0.15) is 5.56 Å². The van der Waals surface area contributed by atoms with Gasteiger partial charge in [-0.25, -0.2) is 4.79 Å². The Labute approximate surface area is 107 Å².